The van der Waals surface area contributed by atoms with Gasteiger partial charge in [0, 0.05) is 56.6 Å². The second kappa shape index (κ2) is 12.9. The molecule has 1 unspecified atom stereocenters. The molecule has 12 rings (SSSR count). The molecule has 57 heavy (non-hydrogen) atoms. The van der Waals surface area contributed by atoms with Gasteiger partial charge in [-0.05, 0) is 119 Å². The van der Waals surface area contributed by atoms with E-state index in [1.165, 1.54) is 94.7 Å². The number of para-hydroxylation sites is 2. The van der Waals surface area contributed by atoms with Crippen molar-refractivity contribution in [3.63, 3.8) is 0 Å². The first kappa shape index (κ1) is 32.4. The number of benzene rings is 6. The van der Waals surface area contributed by atoms with Crippen molar-refractivity contribution in [1.29, 1.82) is 0 Å². The average molecular weight is 733 g/mol. The van der Waals surface area contributed by atoms with Gasteiger partial charge in [-0.1, -0.05) is 121 Å². The molecule has 2 aromatic heterocycles. The molecular weight excluding hydrogens is 693 g/mol. The molecule has 1 aliphatic heterocycles. The van der Waals surface area contributed by atoms with E-state index in [1.54, 1.807) is 0 Å². The van der Waals surface area contributed by atoms with Gasteiger partial charge < -0.3 is 13.9 Å². The predicted octanol–water partition coefficient (Wildman–Crippen LogP) is 14.0. The summed E-state index contributed by atoms with van der Waals surface area (Å²) in [6, 6.07) is 53.5. The summed E-state index contributed by atoms with van der Waals surface area (Å²) >= 11 is 0. The van der Waals surface area contributed by atoms with Crippen molar-refractivity contribution in [2.45, 2.75) is 38.1 Å². The molecule has 3 heterocycles. The van der Waals surface area contributed by atoms with Crippen molar-refractivity contribution in [3.8, 4) is 22.3 Å². The van der Waals surface area contributed by atoms with Gasteiger partial charge in [0.15, 0.2) is 0 Å². The van der Waals surface area contributed by atoms with Crippen LogP contribution in [0.3, 0.4) is 0 Å². The highest BCUT2D eigenvalue weighted by Crippen LogP contribution is 2.50. The molecule has 0 radical (unpaired) electrons. The number of aromatic nitrogens is 1. The molecule has 1 atom stereocenters. The van der Waals surface area contributed by atoms with E-state index in [2.05, 4.69) is 185 Å². The Morgan fingerprint density at radius 3 is 2.16 bits per heavy atom. The zero-order valence-corrected chi connectivity index (χ0v) is 31.7. The van der Waals surface area contributed by atoms with Gasteiger partial charge in [0.1, 0.15) is 11.3 Å². The Balaban J connectivity index is 0.948. The fourth-order valence-electron chi connectivity index (χ4n) is 10.00. The summed E-state index contributed by atoms with van der Waals surface area (Å²) in [6.45, 7) is 0. The normalized spacial score (nSPS) is 16.8. The Kier molecular flexibility index (Phi) is 7.31. The molecule has 0 spiro atoms. The van der Waals surface area contributed by atoms with Crippen molar-refractivity contribution < 1.29 is 4.42 Å². The van der Waals surface area contributed by atoms with Gasteiger partial charge in [-0.3, -0.25) is 0 Å². The molecule has 6 aromatic carbocycles. The van der Waals surface area contributed by atoms with E-state index in [0.717, 1.165) is 43.4 Å². The Hall–Kier alpha value is -6.84. The van der Waals surface area contributed by atoms with E-state index in [0.29, 0.717) is 0 Å². The maximum absolute atomic E-state index is 6.29. The molecule has 0 fully saturated rings. The predicted molar refractivity (Wildman–Crippen MR) is 238 cm³/mol. The Morgan fingerprint density at radius 2 is 1.33 bits per heavy atom. The van der Waals surface area contributed by atoms with E-state index in [-0.39, 0.29) is 6.04 Å². The minimum Gasteiger partial charge on any atom is -0.460 e. The van der Waals surface area contributed by atoms with Gasteiger partial charge in [0.25, 0.3) is 0 Å². The molecule has 0 saturated heterocycles. The summed E-state index contributed by atoms with van der Waals surface area (Å²) in [5.41, 5.74) is 20.4. The Bertz CT molecular complexity index is 2980. The summed E-state index contributed by atoms with van der Waals surface area (Å²) in [5, 5.41) is 2.55. The molecule has 0 amide bonds. The molecule has 3 aliphatic carbocycles. The summed E-state index contributed by atoms with van der Waals surface area (Å²) in [4.78, 5) is 2.59. The third-order valence-electron chi connectivity index (χ3n) is 12.6. The zero-order chi connectivity index (χ0) is 37.5. The first-order chi connectivity index (χ1) is 28.2. The van der Waals surface area contributed by atoms with Crippen molar-refractivity contribution in [2.75, 3.05) is 4.90 Å². The van der Waals surface area contributed by atoms with E-state index < -0.39 is 0 Å². The lowest BCUT2D eigenvalue weighted by Gasteiger charge is -2.30. The molecule has 272 valence electrons. The minimum atomic E-state index is 0.212. The molecule has 0 saturated carbocycles. The number of nitrogens with zero attached hydrogens (tertiary/aromatic N) is 2. The highest BCUT2D eigenvalue weighted by molar-refractivity contribution is 6.03. The quantitative estimate of drug-likeness (QED) is 0.176. The van der Waals surface area contributed by atoms with E-state index >= 15 is 0 Å². The van der Waals surface area contributed by atoms with Gasteiger partial charge in [0.2, 0.25) is 0 Å². The number of hydrogen-bond acceptors (Lipinski definition) is 2. The average Bonchev–Trinajstić information content (AvgIpc) is 3.94. The minimum absolute atomic E-state index is 0.212. The summed E-state index contributed by atoms with van der Waals surface area (Å²) in [5.74, 6) is 1.11. The molecule has 3 nitrogen and oxygen atoms in total. The van der Waals surface area contributed by atoms with Crippen LogP contribution in [0.5, 0.6) is 0 Å². The zero-order valence-electron chi connectivity index (χ0n) is 31.7. The number of hydrogen-bond donors (Lipinski definition) is 0. The van der Waals surface area contributed by atoms with Crippen molar-refractivity contribution in [1.82, 2.24) is 4.57 Å². The van der Waals surface area contributed by atoms with Crippen LogP contribution in [0.4, 0.5) is 11.4 Å². The van der Waals surface area contributed by atoms with Gasteiger partial charge in [-0.25, -0.2) is 0 Å². The summed E-state index contributed by atoms with van der Waals surface area (Å²) < 4.78 is 8.86. The molecule has 3 heteroatoms. The molecule has 0 bridgehead atoms. The maximum Gasteiger partial charge on any atom is 0.134 e. The highest BCUT2D eigenvalue weighted by Gasteiger charge is 2.36. The summed E-state index contributed by atoms with van der Waals surface area (Å²) in [6.07, 6.45) is 17.0. The van der Waals surface area contributed by atoms with Gasteiger partial charge >= 0.3 is 0 Å². The SMILES string of the molecule is C1=Cc2c(n(C3=Cc4c(oc5ccccc45)CC3)c3ccc(C4=CCC5C(=C4)c4ccccc4N5c4cc(-c5ccccc5)cc(-c5ccccc5)c4)cc23)CC1. The number of allylic oxidation sites excluding steroid dienone is 4. The fourth-order valence-corrected chi connectivity index (χ4v) is 10.00. The number of furan rings is 1. The van der Waals surface area contributed by atoms with Crippen LogP contribution in [0, 0.1) is 0 Å². The van der Waals surface area contributed by atoms with Crippen molar-refractivity contribution in [2.24, 2.45) is 0 Å². The molecule has 8 aromatic rings. The number of anilines is 2. The van der Waals surface area contributed by atoms with Crippen LogP contribution in [-0.4, -0.2) is 10.6 Å². The van der Waals surface area contributed by atoms with Crippen LogP contribution in [0.15, 0.2) is 168 Å². The van der Waals surface area contributed by atoms with Gasteiger partial charge in [0.05, 0.1) is 11.6 Å². The smallest absolute Gasteiger partial charge is 0.134 e. The van der Waals surface area contributed by atoms with Gasteiger partial charge in [-0.15, -0.1) is 0 Å². The first-order valence-electron chi connectivity index (χ1n) is 20.4. The first-order valence-corrected chi connectivity index (χ1v) is 20.4. The highest BCUT2D eigenvalue weighted by atomic mass is 16.3. The fraction of sp³-hybridized carbons (Fsp3) is 0.111. The van der Waals surface area contributed by atoms with Crippen molar-refractivity contribution in [3.05, 3.63) is 198 Å². The number of fused-ring (bicyclic) bond motifs is 9. The summed E-state index contributed by atoms with van der Waals surface area (Å²) in [7, 11) is 0. The third kappa shape index (κ3) is 5.19. The Morgan fingerprint density at radius 1 is 0.579 bits per heavy atom. The Labute approximate surface area is 332 Å². The van der Waals surface area contributed by atoms with Crippen LogP contribution in [0.2, 0.25) is 0 Å². The van der Waals surface area contributed by atoms with Crippen LogP contribution in [0.25, 0.3) is 73.1 Å². The van der Waals surface area contributed by atoms with Crippen LogP contribution in [0.1, 0.15) is 53.0 Å². The van der Waals surface area contributed by atoms with E-state index in [4.69, 9.17) is 4.42 Å². The lowest BCUT2D eigenvalue weighted by molar-refractivity contribution is 0.546. The second-order valence-electron chi connectivity index (χ2n) is 15.8. The lowest BCUT2D eigenvalue weighted by atomic mass is 9.88. The molecule has 0 N–H and O–H groups in total. The monoisotopic (exact) mass is 732 g/mol. The molecular formula is C54H40N2O. The number of aryl methyl sites for hydroxylation is 1. The third-order valence-corrected chi connectivity index (χ3v) is 12.6. The van der Waals surface area contributed by atoms with Crippen LogP contribution < -0.4 is 4.90 Å². The largest absolute Gasteiger partial charge is 0.460 e. The van der Waals surface area contributed by atoms with E-state index in [9.17, 15) is 0 Å². The second-order valence-corrected chi connectivity index (χ2v) is 15.8. The lowest BCUT2D eigenvalue weighted by Crippen LogP contribution is -2.27. The molecule has 4 aliphatic rings. The maximum atomic E-state index is 6.29. The van der Waals surface area contributed by atoms with Crippen molar-refractivity contribution >= 4 is 62.2 Å². The topological polar surface area (TPSA) is 21.3 Å². The number of rotatable bonds is 5. The van der Waals surface area contributed by atoms with Crippen LogP contribution >= 0.6 is 0 Å². The van der Waals surface area contributed by atoms with E-state index in [1.807, 2.05) is 0 Å². The van der Waals surface area contributed by atoms with Gasteiger partial charge in [-0.2, -0.15) is 0 Å². The van der Waals surface area contributed by atoms with Crippen LogP contribution in [-0.2, 0) is 12.8 Å². The standard InChI is InChI=1S/C54H40N2O/c1-3-13-35(14-4-1)39-29-40(36-15-5-2-6-16-36)31-42(30-39)56-50-21-11-8-18-44(50)47-33-38(24-27-52(47)56)37-23-26-51-46(32-37)43-17-7-10-20-49(43)55(51)41-25-28-54-48(34-41)45-19-9-12-22-53(45)57-54/h1-9,11-19,21-24,26,29-34,52H,10,20,25,27-28H2.